The van der Waals surface area contributed by atoms with Gasteiger partial charge in [0.15, 0.2) is 6.61 Å². The first-order valence-electron chi connectivity index (χ1n) is 7.02. The SMILES string of the molecule is CC(C)C(C)(C)CNCc1ccc(OCC(N)=O)cc1. The van der Waals surface area contributed by atoms with Crippen molar-refractivity contribution in [2.75, 3.05) is 13.2 Å². The van der Waals surface area contributed by atoms with E-state index in [1.165, 1.54) is 5.56 Å². The Hall–Kier alpha value is -1.55. The summed E-state index contributed by atoms with van der Waals surface area (Å²) in [5, 5.41) is 3.48. The minimum atomic E-state index is -0.466. The molecule has 0 atom stereocenters. The van der Waals surface area contributed by atoms with Crippen LogP contribution in [0.1, 0.15) is 33.3 Å². The van der Waals surface area contributed by atoms with Crippen LogP contribution in [-0.2, 0) is 11.3 Å². The topological polar surface area (TPSA) is 64.3 Å². The molecule has 0 fully saturated rings. The molecule has 0 bridgehead atoms. The van der Waals surface area contributed by atoms with E-state index in [1.54, 1.807) is 0 Å². The number of carbonyl (C=O) groups is 1. The van der Waals surface area contributed by atoms with Crippen LogP contribution in [0.5, 0.6) is 5.75 Å². The predicted molar refractivity (Wildman–Crippen MR) is 81.5 cm³/mol. The zero-order chi connectivity index (χ0) is 15.2. The Bertz CT molecular complexity index is 425. The highest BCUT2D eigenvalue weighted by Gasteiger charge is 2.21. The van der Waals surface area contributed by atoms with Crippen LogP contribution in [0.25, 0.3) is 0 Å². The van der Waals surface area contributed by atoms with Gasteiger partial charge in [-0.1, -0.05) is 39.8 Å². The van der Waals surface area contributed by atoms with E-state index in [9.17, 15) is 4.79 Å². The number of nitrogens with two attached hydrogens (primary N) is 1. The maximum Gasteiger partial charge on any atom is 0.255 e. The van der Waals surface area contributed by atoms with Gasteiger partial charge in [0.1, 0.15) is 5.75 Å². The first-order chi connectivity index (χ1) is 9.31. The molecule has 0 radical (unpaired) electrons. The largest absolute Gasteiger partial charge is 0.484 e. The molecule has 0 aromatic heterocycles. The van der Waals surface area contributed by atoms with E-state index >= 15 is 0 Å². The molecule has 20 heavy (non-hydrogen) atoms. The number of benzene rings is 1. The van der Waals surface area contributed by atoms with E-state index < -0.39 is 5.91 Å². The molecule has 0 heterocycles. The van der Waals surface area contributed by atoms with E-state index in [1.807, 2.05) is 24.3 Å². The molecule has 0 aliphatic heterocycles. The lowest BCUT2D eigenvalue weighted by Crippen LogP contribution is -2.33. The number of amides is 1. The number of rotatable bonds is 8. The van der Waals surface area contributed by atoms with Crippen molar-refractivity contribution in [3.8, 4) is 5.75 Å². The Morgan fingerprint density at radius 1 is 1.30 bits per heavy atom. The molecule has 0 aliphatic rings. The molecule has 0 unspecified atom stereocenters. The van der Waals surface area contributed by atoms with Gasteiger partial charge in [0, 0.05) is 13.1 Å². The van der Waals surface area contributed by atoms with Crippen LogP contribution in [0.15, 0.2) is 24.3 Å². The Balaban J connectivity index is 2.40. The number of carbonyl (C=O) groups excluding carboxylic acids is 1. The van der Waals surface area contributed by atoms with Crippen molar-refractivity contribution in [2.45, 2.75) is 34.2 Å². The first-order valence-corrected chi connectivity index (χ1v) is 7.02. The van der Waals surface area contributed by atoms with Crippen LogP contribution in [0, 0.1) is 11.3 Å². The Morgan fingerprint density at radius 3 is 2.40 bits per heavy atom. The number of nitrogens with one attached hydrogen (secondary N) is 1. The standard InChI is InChI=1S/C16H26N2O2/c1-12(2)16(3,4)11-18-9-13-5-7-14(8-6-13)20-10-15(17)19/h5-8,12,18H,9-11H2,1-4H3,(H2,17,19). The summed E-state index contributed by atoms with van der Waals surface area (Å²) in [4.78, 5) is 10.6. The van der Waals surface area contributed by atoms with Crippen molar-refractivity contribution in [1.29, 1.82) is 0 Å². The fourth-order valence-electron chi connectivity index (χ4n) is 1.59. The minimum absolute atomic E-state index is 0.0832. The van der Waals surface area contributed by atoms with Crippen molar-refractivity contribution in [3.05, 3.63) is 29.8 Å². The smallest absolute Gasteiger partial charge is 0.255 e. The molecule has 0 saturated carbocycles. The normalized spacial score (nSPS) is 11.7. The maximum absolute atomic E-state index is 10.6. The molecule has 0 aliphatic carbocycles. The second-order valence-corrected chi connectivity index (χ2v) is 6.15. The first kappa shape index (κ1) is 16.5. The van der Waals surface area contributed by atoms with Gasteiger partial charge >= 0.3 is 0 Å². The Kier molecular flexibility index (Phi) is 6.02. The third kappa shape index (κ3) is 5.61. The van der Waals surface area contributed by atoms with E-state index in [4.69, 9.17) is 10.5 Å². The summed E-state index contributed by atoms with van der Waals surface area (Å²) < 4.78 is 5.22. The molecular formula is C16H26N2O2. The van der Waals surface area contributed by atoms with Crippen LogP contribution in [0.2, 0.25) is 0 Å². The average Bonchev–Trinajstić information content (AvgIpc) is 2.37. The van der Waals surface area contributed by atoms with Crippen molar-refractivity contribution in [2.24, 2.45) is 17.1 Å². The summed E-state index contributed by atoms with van der Waals surface area (Å²) >= 11 is 0. The van der Waals surface area contributed by atoms with Gasteiger partial charge in [0.25, 0.3) is 5.91 Å². The van der Waals surface area contributed by atoms with Gasteiger partial charge in [-0.25, -0.2) is 0 Å². The van der Waals surface area contributed by atoms with Crippen molar-refractivity contribution in [1.82, 2.24) is 5.32 Å². The average molecular weight is 278 g/mol. The lowest BCUT2D eigenvalue weighted by Gasteiger charge is -2.29. The number of hydrogen-bond acceptors (Lipinski definition) is 3. The van der Waals surface area contributed by atoms with Gasteiger partial charge in [0.2, 0.25) is 0 Å². The fourth-order valence-corrected chi connectivity index (χ4v) is 1.59. The third-order valence-electron chi connectivity index (χ3n) is 3.78. The number of primary amides is 1. The minimum Gasteiger partial charge on any atom is -0.484 e. The van der Waals surface area contributed by atoms with Crippen molar-refractivity contribution >= 4 is 5.91 Å². The monoisotopic (exact) mass is 278 g/mol. The van der Waals surface area contributed by atoms with Crippen LogP contribution in [0.3, 0.4) is 0 Å². The summed E-state index contributed by atoms with van der Waals surface area (Å²) in [6.45, 7) is 10.7. The van der Waals surface area contributed by atoms with E-state index in [0.29, 0.717) is 11.7 Å². The quantitative estimate of drug-likeness (QED) is 0.767. The lowest BCUT2D eigenvalue weighted by molar-refractivity contribution is -0.119. The lowest BCUT2D eigenvalue weighted by atomic mass is 9.81. The summed E-state index contributed by atoms with van der Waals surface area (Å²) in [5.74, 6) is 0.835. The Morgan fingerprint density at radius 2 is 1.90 bits per heavy atom. The maximum atomic E-state index is 10.6. The van der Waals surface area contributed by atoms with E-state index in [0.717, 1.165) is 13.1 Å². The molecule has 0 saturated heterocycles. The van der Waals surface area contributed by atoms with Crippen molar-refractivity contribution in [3.63, 3.8) is 0 Å². The molecule has 112 valence electrons. The molecule has 1 rings (SSSR count). The highest BCUT2D eigenvalue weighted by atomic mass is 16.5. The van der Waals surface area contributed by atoms with Crippen molar-refractivity contribution < 1.29 is 9.53 Å². The fraction of sp³-hybridized carbons (Fsp3) is 0.562. The molecule has 4 nitrogen and oxygen atoms in total. The summed E-state index contributed by atoms with van der Waals surface area (Å²) in [5.41, 5.74) is 6.50. The van der Waals surface area contributed by atoms with E-state index in [2.05, 4.69) is 33.0 Å². The van der Waals surface area contributed by atoms with Crippen LogP contribution >= 0.6 is 0 Å². The van der Waals surface area contributed by atoms with Gasteiger partial charge in [-0.15, -0.1) is 0 Å². The molecule has 1 aromatic carbocycles. The van der Waals surface area contributed by atoms with Gasteiger partial charge in [-0.2, -0.15) is 0 Å². The zero-order valence-electron chi connectivity index (χ0n) is 12.9. The van der Waals surface area contributed by atoms with Gasteiger partial charge in [0.05, 0.1) is 0 Å². The number of hydrogen-bond donors (Lipinski definition) is 2. The van der Waals surface area contributed by atoms with E-state index in [-0.39, 0.29) is 12.0 Å². The van der Waals surface area contributed by atoms with Gasteiger partial charge in [-0.3, -0.25) is 4.79 Å². The summed E-state index contributed by atoms with van der Waals surface area (Å²) in [6, 6.07) is 7.69. The van der Waals surface area contributed by atoms with Crippen LogP contribution in [0.4, 0.5) is 0 Å². The molecule has 1 aromatic rings. The summed E-state index contributed by atoms with van der Waals surface area (Å²) in [7, 11) is 0. The molecule has 1 amide bonds. The third-order valence-corrected chi connectivity index (χ3v) is 3.78. The molecule has 0 spiro atoms. The number of ether oxygens (including phenoxy) is 1. The second-order valence-electron chi connectivity index (χ2n) is 6.15. The molecular weight excluding hydrogens is 252 g/mol. The Labute approximate surface area is 121 Å². The second kappa shape index (κ2) is 7.29. The molecule has 3 N–H and O–H groups in total. The van der Waals surface area contributed by atoms with Gasteiger partial charge < -0.3 is 15.8 Å². The highest BCUT2D eigenvalue weighted by molar-refractivity contribution is 5.75. The predicted octanol–water partition coefficient (Wildman–Crippen LogP) is 2.32. The van der Waals surface area contributed by atoms with Crippen LogP contribution < -0.4 is 15.8 Å². The van der Waals surface area contributed by atoms with Gasteiger partial charge in [-0.05, 0) is 29.0 Å². The molecule has 4 heteroatoms. The highest BCUT2D eigenvalue weighted by Crippen LogP contribution is 2.24. The van der Waals surface area contributed by atoms with Crippen LogP contribution in [-0.4, -0.2) is 19.1 Å². The summed E-state index contributed by atoms with van der Waals surface area (Å²) in [6.07, 6.45) is 0. The zero-order valence-corrected chi connectivity index (χ0v) is 12.9.